The predicted molar refractivity (Wildman–Crippen MR) is 130 cm³/mol. The first-order valence-electron chi connectivity index (χ1n) is 10.9. The van der Waals surface area contributed by atoms with Crippen LogP contribution in [0.2, 0.25) is 0 Å². The Morgan fingerprint density at radius 1 is 1.09 bits per heavy atom. The molecule has 0 bridgehead atoms. The largest absolute Gasteiger partial charge is 0.435 e. The number of hydrogen-bond acceptors (Lipinski definition) is 6. The molecule has 4 aromatic rings. The lowest BCUT2D eigenvalue weighted by Gasteiger charge is -2.14. The second-order valence-electron chi connectivity index (χ2n) is 8.02. The number of ether oxygens (including phenoxy) is 1. The van der Waals surface area contributed by atoms with Gasteiger partial charge in [0.25, 0.3) is 5.56 Å². The normalized spacial score (nSPS) is 13.3. The smallest absolute Gasteiger partial charge is 0.387 e. The molecule has 2 aromatic heterocycles. The second-order valence-corrected chi connectivity index (χ2v) is 10.0. The van der Waals surface area contributed by atoms with Crippen molar-refractivity contribution in [2.75, 3.05) is 5.75 Å². The Morgan fingerprint density at radius 2 is 1.80 bits per heavy atom. The SMILES string of the molecule is O=C(CSc1nc2sc3c(c2c(=O)n1-c1ccc(OC(F)F)cc1)CCCC3)c1ccc(F)cc1. The van der Waals surface area contributed by atoms with Gasteiger partial charge in [0.1, 0.15) is 16.4 Å². The Balaban J connectivity index is 1.56. The number of alkyl halides is 2. The van der Waals surface area contributed by atoms with Crippen LogP contribution < -0.4 is 10.3 Å². The van der Waals surface area contributed by atoms with E-state index in [2.05, 4.69) is 4.74 Å². The Bertz CT molecular complexity index is 1450. The van der Waals surface area contributed by atoms with Crippen LogP contribution >= 0.6 is 23.1 Å². The van der Waals surface area contributed by atoms with E-state index in [-0.39, 0.29) is 22.8 Å². The number of hydrogen-bond donors (Lipinski definition) is 0. The van der Waals surface area contributed by atoms with Crippen LogP contribution in [0, 0.1) is 5.82 Å². The van der Waals surface area contributed by atoms with Crippen LogP contribution in [0.15, 0.2) is 58.5 Å². The summed E-state index contributed by atoms with van der Waals surface area (Å²) in [6, 6.07) is 11.0. The molecule has 1 aliphatic carbocycles. The Kier molecular flexibility index (Phi) is 6.66. The summed E-state index contributed by atoms with van der Waals surface area (Å²) in [7, 11) is 0. The van der Waals surface area contributed by atoms with Crippen molar-refractivity contribution in [3.8, 4) is 11.4 Å². The molecule has 0 fully saturated rings. The number of rotatable bonds is 7. The molecule has 10 heteroatoms. The van der Waals surface area contributed by atoms with Gasteiger partial charge in [0.2, 0.25) is 0 Å². The summed E-state index contributed by atoms with van der Waals surface area (Å²) >= 11 is 2.61. The molecule has 2 aromatic carbocycles. The highest BCUT2D eigenvalue weighted by Crippen LogP contribution is 2.35. The van der Waals surface area contributed by atoms with Gasteiger partial charge in [-0.3, -0.25) is 14.2 Å². The third-order valence-corrected chi connectivity index (χ3v) is 7.90. The monoisotopic (exact) mass is 516 g/mol. The highest BCUT2D eigenvalue weighted by molar-refractivity contribution is 7.99. The Morgan fingerprint density at radius 3 is 2.51 bits per heavy atom. The van der Waals surface area contributed by atoms with Crippen molar-refractivity contribution in [3.63, 3.8) is 0 Å². The van der Waals surface area contributed by atoms with Crippen LogP contribution in [-0.2, 0) is 12.8 Å². The van der Waals surface area contributed by atoms with E-state index < -0.39 is 12.4 Å². The fourth-order valence-corrected chi connectivity index (χ4v) is 6.35. The van der Waals surface area contributed by atoms with E-state index in [0.29, 0.717) is 26.6 Å². The molecule has 0 N–H and O–H groups in total. The minimum Gasteiger partial charge on any atom is -0.435 e. The van der Waals surface area contributed by atoms with Gasteiger partial charge in [0.05, 0.1) is 16.8 Å². The minimum atomic E-state index is -2.96. The highest BCUT2D eigenvalue weighted by Gasteiger charge is 2.23. The molecule has 180 valence electrons. The number of thioether (sulfide) groups is 1. The molecule has 0 aliphatic heterocycles. The standard InChI is InChI=1S/C25H19F3N2O3S2/c26-15-7-5-14(6-8-15)19(31)13-34-25-29-22-21(18-3-1-2-4-20(18)35-22)23(32)30(25)16-9-11-17(12-10-16)33-24(27)28/h5-12,24H,1-4,13H2. The average Bonchev–Trinajstić information content (AvgIpc) is 3.22. The zero-order chi connectivity index (χ0) is 24.5. The topological polar surface area (TPSA) is 61.2 Å². The van der Waals surface area contributed by atoms with Crippen molar-refractivity contribution in [2.45, 2.75) is 37.5 Å². The van der Waals surface area contributed by atoms with Crippen molar-refractivity contribution in [3.05, 3.63) is 80.7 Å². The van der Waals surface area contributed by atoms with Crippen LogP contribution in [-0.4, -0.2) is 27.7 Å². The van der Waals surface area contributed by atoms with E-state index >= 15 is 0 Å². The van der Waals surface area contributed by atoms with Crippen molar-refractivity contribution in [1.82, 2.24) is 9.55 Å². The molecule has 0 saturated heterocycles. The number of fused-ring (bicyclic) bond motifs is 3. The lowest BCUT2D eigenvalue weighted by atomic mass is 9.97. The quantitative estimate of drug-likeness (QED) is 0.170. The number of ketones is 1. The van der Waals surface area contributed by atoms with Gasteiger partial charge in [-0.1, -0.05) is 11.8 Å². The molecule has 5 nitrogen and oxygen atoms in total. The minimum absolute atomic E-state index is 0.0127. The van der Waals surface area contributed by atoms with Crippen molar-refractivity contribution >= 4 is 39.1 Å². The molecule has 0 unspecified atom stereocenters. The number of carbonyl (C=O) groups excluding carboxylic acids is 1. The van der Waals surface area contributed by atoms with Gasteiger partial charge < -0.3 is 4.74 Å². The number of halogens is 3. The summed E-state index contributed by atoms with van der Waals surface area (Å²) in [6.07, 6.45) is 3.78. The number of Topliss-reactive ketones (excluding diaryl/α,β-unsaturated/α-hetero) is 1. The number of thiophene rings is 1. The van der Waals surface area contributed by atoms with E-state index in [0.717, 1.165) is 47.9 Å². The van der Waals surface area contributed by atoms with E-state index in [1.165, 1.54) is 64.4 Å². The molecule has 0 spiro atoms. The van der Waals surface area contributed by atoms with Gasteiger partial charge in [-0.25, -0.2) is 9.37 Å². The first kappa shape index (κ1) is 23.6. The lowest BCUT2D eigenvalue weighted by molar-refractivity contribution is -0.0498. The number of aromatic nitrogens is 2. The number of benzene rings is 2. The zero-order valence-corrected chi connectivity index (χ0v) is 19.9. The lowest BCUT2D eigenvalue weighted by Crippen LogP contribution is -2.22. The molecule has 5 rings (SSSR count). The third kappa shape index (κ3) is 4.85. The first-order chi connectivity index (χ1) is 16.9. The van der Waals surface area contributed by atoms with Crippen LogP contribution in [0.3, 0.4) is 0 Å². The summed E-state index contributed by atoms with van der Waals surface area (Å²) in [4.78, 5) is 33.0. The van der Waals surface area contributed by atoms with Crippen molar-refractivity contribution in [1.29, 1.82) is 0 Å². The van der Waals surface area contributed by atoms with Gasteiger partial charge in [0.15, 0.2) is 10.9 Å². The van der Waals surface area contributed by atoms with Crippen LogP contribution in [0.4, 0.5) is 13.2 Å². The molecular weight excluding hydrogens is 497 g/mol. The molecule has 2 heterocycles. The van der Waals surface area contributed by atoms with Gasteiger partial charge in [0, 0.05) is 10.4 Å². The number of aryl methyl sites for hydroxylation is 2. The second kappa shape index (κ2) is 9.87. The van der Waals surface area contributed by atoms with Crippen LogP contribution in [0.25, 0.3) is 15.9 Å². The van der Waals surface area contributed by atoms with E-state index in [1.54, 1.807) is 0 Å². The fourth-order valence-electron chi connectivity index (χ4n) is 4.14. The number of carbonyl (C=O) groups is 1. The first-order valence-corrected chi connectivity index (χ1v) is 12.7. The zero-order valence-electron chi connectivity index (χ0n) is 18.3. The van der Waals surface area contributed by atoms with E-state index in [1.807, 2.05) is 0 Å². The fraction of sp³-hybridized carbons (Fsp3) is 0.240. The van der Waals surface area contributed by atoms with Gasteiger partial charge >= 0.3 is 6.61 Å². The van der Waals surface area contributed by atoms with E-state index in [9.17, 15) is 22.8 Å². The summed E-state index contributed by atoms with van der Waals surface area (Å²) in [5.41, 5.74) is 1.56. The average molecular weight is 517 g/mol. The molecule has 0 saturated carbocycles. The van der Waals surface area contributed by atoms with Gasteiger partial charge in [-0.2, -0.15) is 8.78 Å². The molecule has 1 aliphatic rings. The van der Waals surface area contributed by atoms with E-state index in [4.69, 9.17) is 4.98 Å². The maximum absolute atomic E-state index is 13.7. The van der Waals surface area contributed by atoms with Gasteiger partial charge in [-0.05, 0) is 79.8 Å². The van der Waals surface area contributed by atoms with Crippen LogP contribution in [0.5, 0.6) is 5.75 Å². The Hall–Kier alpha value is -3.11. The molecule has 0 radical (unpaired) electrons. The highest BCUT2D eigenvalue weighted by atomic mass is 32.2. The van der Waals surface area contributed by atoms with Crippen molar-refractivity contribution < 1.29 is 22.7 Å². The molecular formula is C25H19F3N2O3S2. The number of nitrogens with zero attached hydrogens (tertiary/aromatic N) is 2. The van der Waals surface area contributed by atoms with Gasteiger partial charge in [-0.15, -0.1) is 11.3 Å². The maximum Gasteiger partial charge on any atom is 0.387 e. The van der Waals surface area contributed by atoms with Crippen molar-refractivity contribution in [2.24, 2.45) is 0 Å². The summed E-state index contributed by atoms with van der Waals surface area (Å²) in [6.45, 7) is -2.96. The molecule has 0 atom stereocenters. The Labute approximate surface area is 206 Å². The summed E-state index contributed by atoms with van der Waals surface area (Å²) < 4.78 is 44.2. The predicted octanol–water partition coefficient (Wildman–Crippen LogP) is 6.04. The third-order valence-electron chi connectivity index (χ3n) is 5.78. The molecule has 0 amide bonds. The molecule has 35 heavy (non-hydrogen) atoms. The summed E-state index contributed by atoms with van der Waals surface area (Å²) in [5.74, 6) is -0.709. The van der Waals surface area contributed by atoms with Crippen LogP contribution in [0.1, 0.15) is 33.6 Å². The maximum atomic E-state index is 13.7. The summed E-state index contributed by atoms with van der Waals surface area (Å²) in [5, 5.41) is 0.894.